The molecule has 3 heteroatoms. The van der Waals surface area contributed by atoms with E-state index >= 15 is 4.57 Å². The first kappa shape index (κ1) is 34.3. The van der Waals surface area contributed by atoms with Crippen molar-refractivity contribution in [3.63, 3.8) is 0 Å². The highest BCUT2D eigenvalue weighted by Gasteiger charge is 2.45. The van der Waals surface area contributed by atoms with E-state index in [1.54, 1.807) is 0 Å². The summed E-state index contributed by atoms with van der Waals surface area (Å²) in [6.07, 6.45) is 0. The van der Waals surface area contributed by atoms with E-state index in [1.807, 2.05) is 36.4 Å². The lowest BCUT2D eigenvalue weighted by atomic mass is 9.63. The Kier molecular flexibility index (Phi) is 8.03. The van der Waals surface area contributed by atoms with Gasteiger partial charge in [-0.2, -0.15) is 0 Å². The molecule has 11 rings (SSSR count). The van der Waals surface area contributed by atoms with Crippen LogP contribution in [0.4, 0.5) is 0 Å². The molecule has 0 bridgehead atoms. The third-order valence-electron chi connectivity index (χ3n) is 12.2. The molecule has 0 saturated carbocycles. The second-order valence-electron chi connectivity index (χ2n) is 15.2. The molecule has 0 saturated heterocycles. The number of hydrogen-bond donors (Lipinski definition) is 0. The molecule has 10 aromatic rings. The van der Waals surface area contributed by atoms with Crippen molar-refractivity contribution >= 4 is 44.9 Å². The van der Waals surface area contributed by atoms with E-state index < -0.39 is 12.6 Å². The van der Waals surface area contributed by atoms with Crippen LogP contribution in [-0.4, -0.2) is 4.57 Å². The van der Waals surface area contributed by atoms with E-state index in [0.29, 0.717) is 0 Å². The van der Waals surface area contributed by atoms with Crippen LogP contribution in [-0.2, 0) is 9.98 Å². The Morgan fingerprint density at radius 2 is 0.845 bits per heavy atom. The largest absolute Gasteiger partial charge is 0.309 e. The molecule has 1 unspecified atom stereocenters. The van der Waals surface area contributed by atoms with Gasteiger partial charge >= 0.3 is 0 Å². The van der Waals surface area contributed by atoms with Gasteiger partial charge in [0.25, 0.3) is 0 Å². The molecular formula is C55H38NOP. The average molecular weight is 760 g/mol. The van der Waals surface area contributed by atoms with Crippen molar-refractivity contribution in [2.45, 2.75) is 5.41 Å². The fraction of sp³-hybridized carbons (Fsp3) is 0.0182. The minimum absolute atomic E-state index is 0.648. The summed E-state index contributed by atoms with van der Waals surface area (Å²) in [5.41, 5.74) is 12.0. The number of fused-ring (bicyclic) bond motifs is 5. The Bertz CT molecular complexity index is 3100. The number of benzene rings is 9. The molecule has 0 N–H and O–H groups in total. The van der Waals surface area contributed by atoms with E-state index in [4.69, 9.17) is 0 Å². The van der Waals surface area contributed by atoms with Crippen LogP contribution >= 0.6 is 7.14 Å². The zero-order chi connectivity index (χ0) is 38.7. The minimum Gasteiger partial charge on any atom is -0.309 e. The van der Waals surface area contributed by atoms with Gasteiger partial charge in [-0.25, -0.2) is 0 Å². The lowest BCUT2D eigenvalue weighted by Gasteiger charge is -2.41. The van der Waals surface area contributed by atoms with Crippen molar-refractivity contribution in [1.82, 2.24) is 4.57 Å². The molecule has 0 aliphatic carbocycles. The predicted molar refractivity (Wildman–Crippen MR) is 243 cm³/mol. The van der Waals surface area contributed by atoms with Crippen molar-refractivity contribution < 1.29 is 4.57 Å². The molecule has 9 aromatic carbocycles. The topological polar surface area (TPSA) is 22.0 Å². The molecule has 0 amide bonds. The number of para-hydroxylation sites is 3. The first-order chi connectivity index (χ1) is 28.7. The Morgan fingerprint density at radius 1 is 0.362 bits per heavy atom. The van der Waals surface area contributed by atoms with Crippen molar-refractivity contribution in [1.29, 1.82) is 0 Å². The normalized spacial score (nSPS) is 14.7. The third kappa shape index (κ3) is 5.09. The van der Waals surface area contributed by atoms with Crippen LogP contribution in [0.1, 0.15) is 22.3 Å². The van der Waals surface area contributed by atoms with Gasteiger partial charge in [0.15, 0.2) is 7.14 Å². The number of aromatic nitrogens is 1. The molecule has 2 nitrogen and oxygen atoms in total. The molecule has 1 aromatic heterocycles. The predicted octanol–water partition coefficient (Wildman–Crippen LogP) is 12.5. The van der Waals surface area contributed by atoms with Gasteiger partial charge in [0, 0.05) is 26.7 Å². The summed E-state index contributed by atoms with van der Waals surface area (Å²) in [5, 5.41) is 4.89. The zero-order valence-electron chi connectivity index (χ0n) is 31.7. The lowest BCUT2D eigenvalue weighted by molar-refractivity contribution is 0.592. The summed E-state index contributed by atoms with van der Waals surface area (Å²) in [5.74, 6) is 0. The summed E-state index contributed by atoms with van der Waals surface area (Å²) in [6, 6.07) is 81.4. The minimum atomic E-state index is -3.41. The van der Waals surface area contributed by atoms with Crippen molar-refractivity contribution in [3.05, 3.63) is 253 Å². The molecule has 0 spiro atoms. The second kappa shape index (κ2) is 13.6. The van der Waals surface area contributed by atoms with Crippen LogP contribution < -0.4 is 15.9 Å². The molecule has 274 valence electrons. The summed E-state index contributed by atoms with van der Waals surface area (Å²) < 4.78 is 18.9. The van der Waals surface area contributed by atoms with E-state index in [2.05, 4.69) is 199 Å². The first-order valence-electron chi connectivity index (χ1n) is 19.9. The van der Waals surface area contributed by atoms with Gasteiger partial charge in [-0.1, -0.05) is 206 Å². The Labute approximate surface area is 338 Å². The monoisotopic (exact) mass is 759 g/mol. The van der Waals surface area contributed by atoms with E-state index in [9.17, 15) is 0 Å². The van der Waals surface area contributed by atoms with E-state index in [0.717, 1.165) is 43.7 Å². The molecule has 58 heavy (non-hydrogen) atoms. The van der Waals surface area contributed by atoms with Crippen molar-refractivity contribution in [2.75, 3.05) is 0 Å². The van der Waals surface area contributed by atoms with Crippen LogP contribution in [0.2, 0.25) is 0 Å². The molecule has 0 radical (unpaired) electrons. The highest BCUT2D eigenvalue weighted by Crippen LogP contribution is 2.54. The molecule has 1 atom stereocenters. The smallest absolute Gasteiger partial charge is 0.171 e. The van der Waals surface area contributed by atoms with Gasteiger partial charge in [-0.05, 0) is 68.8 Å². The summed E-state index contributed by atoms with van der Waals surface area (Å²) >= 11 is 0. The maximum Gasteiger partial charge on any atom is 0.171 e. The van der Waals surface area contributed by atoms with Gasteiger partial charge in [0.2, 0.25) is 0 Å². The van der Waals surface area contributed by atoms with Crippen LogP contribution in [0.15, 0.2) is 231 Å². The Hall–Kier alpha value is -6.99. The molecule has 2 heterocycles. The quantitative estimate of drug-likeness (QED) is 0.148. The second-order valence-corrected chi connectivity index (χ2v) is 17.9. The fourth-order valence-electron chi connectivity index (χ4n) is 9.57. The van der Waals surface area contributed by atoms with Crippen molar-refractivity contribution in [3.8, 4) is 27.9 Å². The number of rotatable bonds is 7. The maximum atomic E-state index is 16.4. The van der Waals surface area contributed by atoms with Gasteiger partial charge in [0.05, 0.1) is 22.1 Å². The SMILES string of the molecule is O=P(c1ccc(C2(c3ccccc3)c3ccccc3-n3c4ccccc4c4cccc2c43)cc1)(c1cccc(-c2ccccc2)c1)c1cccc(-c2ccccc2)c1. The Balaban J connectivity index is 1.16. The average Bonchev–Trinajstić information content (AvgIpc) is 3.65. The van der Waals surface area contributed by atoms with Gasteiger partial charge in [-0.3, -0.25) is 0 Å². The summed E-state index contributed by atoms with van der Waals surface area (Å²) in [4.78, 5) is 0. The lowest BCUT2D eigenvalue weighted by Crippen LogP contribution is -2.35. The molecule has 1 aliphatic rings. The standard InChI is InChI=1S/C55H38NOP/c57-58(46-25-14-21-41(37-46)39-17-4-1-5-18-39,47-26-15-22-42(38-47)40-19-6-2-7-20-40)45-35-33-44(34-36-45)55(43-23-8-3-9-24-43)50-29-11-13-32-53(50)56-52-31-12-10-27-48(52)49-28-16-30-51(55)54(49)56/h1-38H. The first-order valence-corrected chi connectivity index (χ1v) is 21.6. The van der Waals surface area contributed by atoms with E-state index in [1.165, 1.54) is 44.2 Å². The highest BCUT2D eigenvalue weighted by molar-refractivity contribution is 7.85. The van der Waals surface area contributed by atoms with E-state index in [-0.39, 0.29) is 0 Å². The molecule has 1 aliphatic heterocycles. The van der Waals surface area contributed by atoms with Gasteiger partial charge < -0.3 is 9.13 Å². The van der Waals surface area contributed by atoms with Crippen LogP contribution in [0.25, 0.3) is 49.7 Å². The number of nitrogens with zero attached hydrogens (tertiary/aromatic N) is 1. The highest BCUT2D eigenvalue weighted by atomic mass is 31.2. The van der Waals surface area contributed by atoms with Crippen molar-refractivity contribution in [2.24, 2.45) is 0 Å². The fourth-order valence-corrected chi connectivity index (χ4v) is 12.3. The van der Waals surface area contributed by atoms with Gasteiger partial charge in [0.1, 0.15) is 0 Å². The van der Waals surface area contributed by atoms with Crippen LogP contribution in [0.3, 0.4) is 0 Å². The molecule has 0 fully saturated rings. The Morgan fingerprint density at radius 3 is 1.50 bits per heavy atom. The van der Waals surface area contributed by atoms with Crippen LogP contribution in [0, 0.1) is 0 Å². The molecular weight excluding hydrogens is 722 g/mol. The summed E-state index contributed by atoms with van der Waals surface area (Å²) in [6.45, 7) is 0. The van der Waals surface area contributed by atoms with Crippen LogP contribution in [0.5, 0.6) is 0 Å². The van der Waals surface area contributed by atoms with Gasteiger partial charge in [-0.15, -0.1) is 0 Å². The third-order valence-corrected chi connectivity index (χ3v) is 15.2. The number of hydrogen-bond acceptors (Lipinski definition) is 1. The maximum absolute atomic E-state index is 16.4. The zero-order valence-corrected chi connectivity index (χ0v) is 32.6. The summed E-state index contributed by atoms with van der Waals surface area (Å²) in [7, 11) is -3.41.